The molecule has 8 nitrogen and oxygen atoms in total. The Morgan fingerprint density at radius 3 is 2.57 bits per heavy atom. The van der Waals surface area contributed by atoms with Gasteiger partial charge in [-0.05, 0) is 12.8 Å². The maximum atomic E-state index is 12.7. The van der Waals surface area contributed by atoms with Gasteiger partial charge in [0, 0.05) is 31.4 Å². The van der Waals surface area contributed by atoms with Crippen LogP contribution in [-0.4, -0.2) is 47.9 Å². The summed E-state index contributed by atoms with van der Waals surface area (Å²) in [4.78, 5) is 26.6. The van der Waals surface area contributed by atoms with Crippen LogP contribution in [0.25, 0.3) is 0 Å². The molecule has 2 atom stereocenters. The lowest BCUT2D eigenvalue weighted by Crippen LogP contribution is -2.58. The minimum absolute atomic E-state index is 0.0596. The number of nitrogens with one attached hydrogen (secondary N) is 3. The van der Waals surface area contributed by atoms with Crippen LogP contribution in [0.2, 0.25) is 0 Å². The minimum atomic E-state index is -3.93. The Morgan fingerprint density at radius 1 is 1.29 bits per heavy atom. The van der Waals surface area contributed by atoms with Crippen LogP contribution in [0.3, 0.4) is 0 Å². The first-order valence-corrected chi connectivity index (χ1v) is 8.41. The largest absolute Gasteiger partial charge is 0.325 e. The molecular weight excluding hydrogens is 296 g/mol. The van der Waals surface area contributed by atoms with E-state index in [-0.39, 0.29) is 12.1 Å². The van der Waals surface area contributed by atoms with E-state index in [2.05, 4.69) is 10.3 Å². The minimum Gasteiger partial charge on any atom is -0.313 e. The third kappa shape index (κ3) is 3.09. The van der Waals surface area contributed by atoms with Crippen molar-refractivity contribution in [2.45, 2.75) is 43.7 Å². The topological polar surface area (TPSA) is 115 Å². The summed E-state index contributed by atoms with van der Waals surface area (Å²) in [7, 11) is -3.93. The lowest BCUT2D eigenvalue weighted by Gasteiger charge is -2.38. The molecule has 1 aromatic heterocycles. The summed E-state index contributed by atoms with van der Waals surface area (Å²) in [5.41, 5.74) is -1.61. The fourth-order valence-corrected chi connectivity index (χ4v) is 4.20. The summed E-state index contributed by atoms with van der Waals surface area (Å²) >= 11 is 0. The van der Waals surface area contributed by atoms with E-state index in [1.165, 1.54) is 4.31 Å². The summed E-state index contributed by atoms with van der Waals surface area (Å²) < 4.78 is 26.8. The lowest BCUT2D eigenvalue weighted by molar-refractivity contribution is 0.215. The van der Waals surface area contributed by atoms with Crippen molar-refractivity contribution in [3.63, 3.8) is 0 Å². The maximum absolute atomic E-state index is 12.7. The summed E-state index contributed by atoms with van der Waals surface area (Å²) in [6.45, 7) is 4.74. The van der Waals surface area contributed by atoms with Crippen molar-refractivity contribution in [1.82, 2.24) is 19.6 Å². The molecule has 2 heterocycles. The summed E-state index contributed by atoms with van der Waals surface area (Å²) in [6.07, 6.45) is 2.40. The highest BCUT2D eigenvalue weighted by atomic mass is 32.2. The van der Waals surface area contributed by atoms with Crippen molar-refractivity contribution in [1.29, 1.82) is 0 Å². The SMILES string of the molecule is CCC1CN(S(=O)(=O)c2c[nH]c(=O)[nH]c2=O)C(CC)CN1. The molecule has 1 aliphatic rings. The van der Waals surface area contributed by atoms with Gasteiger partial charge in [0.05, 0.1) is 0 Å². The van der Waals surface area contributed by atoms with Gasteiger partial charge in [-0.3, -0.25) is 9.78 Å². The first-order valence-electron chi connectivity index (χ1n) is 6.97. The van der Waals surface area contributed by atoms with Crippen molar-refractivity contribution in [3.8, 4) is 0 Å². The molecule has 0 amide bonds. The second kappa shape index (κ2) is 6.12. The molecule has 1 saturated heterocycles. The maximum Gasteiger partial charge on any atom is 0.325 e. The van der Waals surface area contributed by atoms with E-state index in [0.717, 1.165) is 12.6 Å². The third-order valence-electron chi connectivity index (χ3n) is 3.79. The fraction of sp³-hybridized carbons (Fsp3) is 0.667. The van der Waals surface area contributed by atoms with Crippen molar-refractivity contribution >= 4 is 10.0 Å². The van der Waals surface area contributed by atoms with Gasteiger partial charge in [-0.25, -0.2) is 13.2 Å². The van der Waals surface area contributed by atoms with Crippen molar-refractivity contribution in [2.24, 2.45) is 0 Å². The summed E-state index contributed by atoms with van der Waals surface area (Å²) in [6, 6.07) is -0.145. The van der Waals surface area contributed by atoms with Crippen LogP contribution in [0.1, 0.15) is 26.7 Å². The molecule has 0 spiro atoms. The number of nitrogens with zero attached hydrogens (tertiary/aromatic N) is 1. The Morgan fingerprint density at radius 2 is 2.00 bits per heavy atom. The number of aromatic nitrogens is 2. The highest BCUT2D eigenvalue weighted by Gasteiger charge is 2.37. The van der Waals surface area contributed by atoms with Gasteiger partial charge < -0.3 is 10.3 Å². The van der Waals surface area contributed by atoms with E-state index in [1.807, 2.05) is 18.8 Å². The summed E-state index contributed by atoms with van der Waals surface area (Å²) in [5.74, 6) is 0. The molecule has 0 bridgehead atoms. The molecular formula is C12H20N4O4S. The molecule has 0 radical (unpaired) electrons. The van der Waals surface area contributed by atoms with Crippen LogP contribution in [0.15, 0.2) is 20.7 Å². The number of aromatic amines is 2. The Bertz CT molecular complexity index is 708. The molecule has 9 heteroatoms. The fourth-order valence-electron chi connectivity index (χ4n) is 2.47. The summed E-state index contributed by atoms with van der Waals surface area (Å²) in [5, 5.41) is 3.30. The van der Waals surface area contributed by atoms with Gasteiger partial charge in [0.15, 0.2) is 4.90 Å². The van der Waals surface area contributed by atoms with E-state index >= 15 is 0 Å². The smallest absolute Gasteiger partial charge is 0.313 e. The van der Waals surface area contributed by atoms with Crippen molar-refractivity contribution < 1.29 is 8.42 Å². The normalized spacial score (nSPS) is 24.1. The van der Waals surface area contributed by atoms with E-state index < -0.39 is 26.2 Å². The van der Waals surface area contributed by atoms with Crippen molar-refractivity contribution in [3.05, 3.63) is 27.0 Å². The number of H-pyrrole nitrogens is 2. The second-order valence-electron chi connectivity index (χ2n) is 5.09. The van der Waals surface area contributed by atoms with E-state index in [9.17, 15) is 18.0 Å². The number of piperazine rings is 1. The van der Waals surface area contributed by atoms with Crippen LogP contribution >= 0.6 is 0 Å². The third-order valence-corrected chi connectivity index (χ3v) is 5.71. The zero-order valence-corrected chi connectivity index (χ0v) is 12.9. The standard InChI is InChI=1S/C12H20N4O4S/c1-3-8-7-16(9(4-2)5-13-8)21(19,20)10-6-14-12(18)15-11(10)17/h6,8-9,13H,3-5,7H2,1-2H3,(H2,14,15,17,18). The molecule has 0 aromatic carbocycles. The number of hydrogen-bond donors (Lipinski definition) is 3. The molecule has 118 valence electrons. The average molecular weight is 316 g/mol. The van der Waals surface area contributed by atoms with Gasteiger partial charge in [0.1, 0.15) is 0 Å². The highest BCUT2D eigenvalue weighted by molar-refractivity contribution is 7.89. The Balaban J connectivity index is 2.44. The van der Waals surface area contributed by atoms with Crippen LogP contribution < -0.4 is 16.6 Å². The molecule has 0 saturated carbocycles. The Hall–Kier alpha value is -1.45. The molecule has 1 aromatic rings. The van der Waals surface area contributed by atoms with E-state index in [1.54, 1.807) is 0 Å². The van der Waals surface area contributed by atoms with Crippen LogP contribution in [0.5, 0.6) is 0 Å². The first-order chi connectivity index (χ1) is 9.90. The van der Waals surface area contributed by atoms with Gasteiger partial charge in [-0.2, -0.15) is 4.31 Å². The van der Waals surface area contributed by atoms with Crippen LogP contribution in [-0.2, 0) is 10.0 Å². The predicted molar refractivity (Wildman–Crippen MR) is 77.7 cm³/mol. The molecule has 21 heavy (non-hydrogen) atoms. The molecule has 1 fully saturated rings. The molecule has 1 aliphatic heterocycles. The zero-order chi connectivity index (χ0) is 15.6. The van der Waals surface area contributed by atoms with Crippen molar-refractivity contribution in [2.75, 3.05) is 13.1 Å². The Labute approximate surface area is 122 Å². The number of hydrogen-bond acceptors (Lipinski definition) is 5. The van der Waals surface area contributed by atoms with Gasteiger partial charge >= 0.3 is 5.69 Å². The quantitative estimate of drug-likeness (QED) is 0.673. The first kappa shape index (κ1) is 15.9. The Kier molecular flexibility index (Phi) is 4.64. The molecule has 2 rings (SSSR count). The molecule has 2 unspecified atom stereocenters. The van der Waals surface area contributed by atoms with E-state index in [4.69, 9.17) is 0 Å². The lowest BCUT2D eigenvalue weighted by atomic mass is 10.1. The molecule has 0 aliphatic carbocycles. The van der Waals surface area contributed by atoms with Gasteiger partial charge in [-0.1, -0.05) is 13.8 Å². The number of rotatable bonds is 4. The van der Waals surface area contributed by atoms with Gasteiger partial charge in [-0.15, -0.1) is 0 Å². The van der Waals surface area contributed by atoms with Gasteiger partial charge in [0.25, 0.3) is 5.56 Å². The zero-order valence-electron chi connectivity index (χ0n) is 12.0. The van der Waals surface area contributed by atoms with Crippen LogP contribution in [0.4, 0.5) is 0 Å². The predicted octanol–water partition coefficient (Wildman–Crippen LogP) is -0.786. The van der Waals surface area contributed by atoms with E-state index in [0.29, 0.717) is 19.5 Å². The van der Waals surface area contributed by atoms with Crippen LogP contribution in [0, 0.1) is 0 Å². The van der Waals surface area contributed by atoms with Gasteiger partial charge in [0.2, 0.25) is 10.0 Å². The second-order valence-corrected chi connectivity index (χ2v) is 6.95. The molecule has 3 N–H and O–H groups in total. The average Bonchev–Trinajstić information content (AvgIpc) is 2.46. The monoisotopic (exact) mass is 316 g/mol. The highest BCUT2D eigenvalue weighted by Crippen LogP contribution is 2.20. The number of sulfonamides is 1.